The Bertz CT molecular complexity index is 659. The quantitative estimate of drug-likeness (QED) is 0.929. The summed E-state index contributed by atoms with van der Waals surface area (Å²) >= 11 is 0. The smallest absolute Gasteiger partial charge is 0.239 e. The summed E-state index contributed by atoms with van der Waals surface area (Å²) in [6.07, 6.45) is 0.982. The van der Waals surface area contributed by atoms with Gasteiger partial charge >= 0.3 is 0 Å². The predicted molar refractivity (Wildman–Crippen MR) is 80.5 cm³/mol. The number of amides is 1. The van der Waals surface area contributed by atoms with Crippen LogP contribution in [0.4, 0.5) is 0 Å². The van der Waals surface area contributed by atoms with Crippen molar-refractivity contribution in [1.29, 1.82) is 0 Å². The molecule has 106 valence electrons. The lowest BCUT2D eigenvalue weighted by Gasteiger charge is -2.33. The fraction of sp³-hybridized carbons (Fsp3) is 0.438. The Labute approximate surface area is 119 Å². The summed E-state index contributed by atoms with van der Waals surface area (Å²) in [5.41, 5.74) is 9.32. The van der Waals surface area contributed by atoms with E-state index in [0.717, 1.165) is 31.6 Å². The van der Waals surface area contributed by atoms with Crippen molar-refractivity contribution >= 4 is 16.8 Å². The van der Waals surface area contributed by atoms with E-state index in [4.69, 9.17) is 5.73 Å². The number of primary amides is 1. The maximum Gasteiger partial charge on any atom is 0.239 e. The second-order valence-corrected chi connectivity index (χ2v) is 5.31. The molecule has 0 radical (unpaired) electrons. The number of hydrogen-bond donors (Lipinski definition) is 1. The number of hydrogen-bond acceptors (Lipinski definition) is 2. The molecule has 1 aliphatic rings. The zero-order valence-corrected chi connectivity index (χ0v) is 12.1. The van der Waals surface area contributed by atoms with E-state index in [0.29, 0.717) is 0 Å². The lowest BCUT2D eigenvalue weighted by atomic mass is 9.95. The molecule has 0 fully saturated rings. The molecule has 2 N–H and O–H groups in total. The normalized spacial score (nSPS) is 19.2. The second-order valence-electron chi connectivity index (χ2n) is 5.31. The van der Waals surface area contributed by atoms with Gasteiger partial charge in [-0.05, 0) is 19.5 Å². The first-order chi connectivity index (χ1) is 9.69. The SMILES string of the molecule is CCN1CCc2c(c3ccccc3n2CC)C1C(N)=O. The Morgan fingerprint density at radius 3 is 2.70 bits per heavy atom. The van der Waals surface area contributed by atoms with Crippen LogP contribution in [0.15, 0.2) is 24.3 Å². The van der Waals surface area contributed by atoms with Crippen molar-refractivity contribution in [3.05, 3.63) is 35.5 Å². The van der Waals surface area contributed by atoms with Crippen LogP contribution in [-0.4, -0.2) is 28.5 Å². The zero-order chi connectivity index (χ0) is 14.3. The molecule has 1 amide bonds. The molecule has 1 atom stereocenters. The van der Waals surface area contributed by atoms with Crippen LogP contribution in [0.2, 0.25) is 0 Å². The predicted octanol–water partition coefficient (Wildman–Crippen LogP) is 2.07. The van der Waals surface area contributed by atoms with Crippen molar-refractivity contribution in [2.75, 3.05) is 13.1 Å². The highest BCUT2D eigenvalue weighted by molar-refractivity contribution is 5.93. The highest BCUT2D eigenvalue weighted by Gasteiger charge is 2.34. The van der Waals surface area contributed by atoms with Gasteiger partial charge in [0.1, 0.15) is 6.04 Å². The van der Waals surface area contributed by atoms with E-state index in [1.54, 1.807) is 0 Å². The maximum atomic E-state index is 12.0. The number of aryl methyl sites for hydroxylation is 1. The third-order valence-corrected chi connectivity index (χ3v) is 4.39. The number of benzene rings is 1. The third kappa shape index (κ3) is 1.75. The molecule has 1 aliphatic heterocycles. The fourth-order valence-corrected chi connectivity index (χ4v) is 3.54. The number of carbonyl (C=O) groups is 1. The first-order valence-electron chi connectivity index (χ1n) is 7.32. The van der Waals surface area contributed by atoms with Gasteiger partial charge in [-0.15, -0.1) is 0 Å². The Hall–Kier alpha value is -1.81. The molecular weight excluding hydrogens is 250 g/mol. The van der Waals surface area contributed by atoms with Gasteiger partial charge < -0.3 is 10.3 Å². The Morgan fingerprint density at radius 1 is 1.30 bits per heavy atom. The number of aromatic nitrogens is 1. The molecule has 4 nitrogen and oxygen atoms in total. The number of rotatable bonds is 3. The van der Waals surface area contributed by atoms with Gasteiger partial charge in [-0.25, -0.2) is 0 Å². The number of nitrogens with zero attached hydrogens (tertiary/aromatic N) is 2. The average molecular weight is 271 g/mol. The van der Waals surface area contributed by atoms with Crippen LogP contribution < -0.4 is 5.73 Å². The highest BCUT2D eigenvalue weighted by Crippen LogP contribution is 2.37. The van der Waals surface area contributed by atoms with Gasteiger partial charge in [0.05, 0.1) is 0 Å². The number of likely N-dealkylation sites (N-methyl/N-ethyl adjacent to an activating group) is 1. The van der Waals surface area contributed by atoms with Crippen LogP contribution >= 0.6 is 0 Å². The van der Waals surface area contributed by atoms with Crippen molar-refractivity contribution < 1.29 is 4.79 Å². The van der Waals surface area contributed by atoms with Crippen molar-refractivity contribution in [3.63, 3.8) is 0 Å². The minimum Gasteiger partial charge on any atom is -0.368 e. The van der Waals surface area contributed by atoms with E-state index >= 15 is 0 Å². The summed E-state index contributed by atoms with van der Waals surface area (Å²) in [6.45, 7) is 6.90. The molecule has 20 heavy (non-hydrogen) atoms. The Morgan fingerprint density at radius 2 is 2.05 bits per heavy atom. The Kier molecular flexibility index (Phi) is 3.26. The summed E-state index contributed by atoms with van der Waals surface area (Å²) in [5, 5.41) is 1.17. The van der Waals surface area contributed by atoms with E-state index in [2.05, 4.69) is 41.5 Å². The number of nitrogens with two attached hydrogens (primary N) is 1. The first kappa shape index (κ1) is 13.2. The molecule has 1 unspecified atom stereocenters. The summed E-state index contributed by atoms with van der Waals surface area (Å²) in [5.74, 6) is -0.244. The molecule has 0 aliphatic carbocycles. The summed E-state index contributed by atoms with van der Waals surface area (Å²) in [6, 6.07) is 8.03. The van der Waals surface area contributed by atoms with Crippen molar-refractivity contribution in [2.24, 2.45) is 5.73 Å². The molecule has 2 aromatic rings. The van der Waals surface area contributed by atoms with Gasteiger partial charge in [0, 0.05) is 41.7 Å². The molecule has 0 spiro atoms. The molecule has 2 heterocycles. The number of fused-ring (bicyclic) bond motifs is 3. The Balaban J connectivity index is 2.31. The molecule has 4 heteroatoms. The van der Waals surface area contributed by atoms with E-state index < -0.39 is 0 Å². The van der Waals surface area contributed by atoms with Crippen LogP contribution in [0.3, 0.4) is 0 Å². The summed E-state index contributed by atoms with van der Waals surface area (Å²) in [4.78, 5) is 14.2. The monoisotopic (exact) mass is 271 g/mol. The average Bonchev–Trinajstić information content (AvgIpc) is 2.79. The third-order valence-electron chi connectivity index (χ3n) is 4.39. The van der Waals surface area contributed by atoms with Crippen LogP contribution in [0.25, 0.3) is 10.9 Å². The van der Waals surface area contributed by atoms with Gasteiger partial charge in [-0.3, -0.25) is 9.69 Å². The first-order valence-corrected chi connectivity index (χ1v) is 7.32. The molecule has 3 rings (SSSR count). The van der Waals surface area contributed by atoms with Gasteiger partial charge in [-0.2, -0.15) is 0 Å². The minimum atomic E-state index is -0.290. The van der Waals surface area contributed by atoms with Gasteiger partial charge in [-0.1, -0.05) is 25.1 Å². The van der Waals surface area contributed by atoms with Crippen molar-refractivity contribution in [2.45, 2.75) is 32.9 Å². The molecule has 0 saturated carbocycles. The lowest BCUT2D eigenvalue weighted by molar-refractivity contribution is -0.123. The fourth-order valence-electron chi connectivity index (χ4n) is 3.54. The largest absolute Gasteiger partial charge is 0.368 e. The topological polar surface area (TPSA) is 51.3 Å². The van der Waals surface area contributed by atoms with Crippen molar-refractivity contribution in [3.8, 4) is 0 Å². The number of para-hydroxylation sites is 1. The van der Waals surface area contributed by atoms with E-state index in [1.165, 1.54) is 16.6 Å². The molecule has 0 saturated heterocycles. The molecule has 1 aromatic heterocycles. The standard InChI is InChI=1S/C16H21N3O/c1-3-18-10-9-13-14(15(18)16(17)20)11-7-5-6-8-12(11)19(13)4-2/h5-8,15H,3-4,9-10H2,1-2H3,(H2,17,20). The molecule has 0 bridgehead atoms. The van der Waals surface area contributed by atoms with E-state index in [9.17, 15) is 4.79 Å². The van der Waals surface area contributed by atoms with E-state index in [1.807, 2.05) is 6.07 Å². The number of carbonyl (C=O) groups excluding carboxylic acids is 1. The molecule has 1 aromatic carbocycles. The van der Waals surface area contributed by atoms with Crippen LogP contribution in [-0.2, 0) is 17.8 Å². The molecular formula is C16H21N3O. The lowest BCUT2D eigenvalue weighted by Crippen LogP contribution is -2.42. The minimum absolute atomic E-state index is 0.244. The maximum absolute atomic E-state index is 12.0. The van der Waals surface area contributed by atoms with Crippen LogP contribution in [0.1, 0.15) is 31.1 Å². The van der Waals surface area contributed by atoms with Gasteiger partial charge in [0.15, 0.2) is 0 Å². The second kappa shape index (κ2) is 4.94. The van der Waals surface area contributed by atoms with Crippen LogP contribution in [0.5, 0.6) is 0 Å². The highest BCUT2D eigenvalue weighted by atomic mass is 16.1. The zero-order valence-electron chi connectivity index (χ0n) is 12.1. The summed E-state index contributed by atoms with van der Waals surface area (Å²) < 4.78 is 2.33. The van der Waals surface area contributed by atoms with Gasteiger partial charge in [0.2, 0.25) is 5.91 Å². The van der Waals surface area contributed by atoms with Crippen molar-refractivity contribution in [1.82, 2.24) is 9.47 Å². The van der Waals surface area contributed by atoms with Gasteiger partial charge in [0.25, 0.3) is 0 Å². The summed E-state index contributed by atoms with van der Waals surface area (Å²) in [7, 11) is 0. The van der Waals surface area contributed by atoms with E-state index in [-0.39, 0.29) is 11.9 Å². The van der Waals surface area contributed by atoms with Crippen LogP contribution in [0, 0.1) is 0 Å².